The van der Waals surface area contributed by atoms with Crippen LogP contribution in [-0.2, 0) is 24.7 Å². The summed E-state index contributed by atoms with van der Waals surface area (Å²) in [6.45, 7) is 1.79. The first kappa shape index (κ1) is 14.6. The van der Waals surface area contributed by atoms with Crippen molar-refractivity contribution in [1.29, 1.82) is 0 Å². The van der Waals surface area contributed by atoms with Crippen LogP contribution in [0.4, 0.5) is 0 Å². The highest BCUT2D eigenvalue weighted by Gasteiger charge is 2.32. The maximum atomic E-state index is 11.2. The summed E-state index contributed by atoms with van der Waals surface area (Å²) in [5.74, 6) is 0. The molecule has 0 spiro atoms. The Bertz CT molecular complexity index is 509. The molecule has 0 saturated carbocycles. The number of aryl methyl sites for hydroxylation is 1. The van der Waals surface area contributed by atoms with Crippen LogP contribution in [-0.4, -0.2) is 31.2 Å². The molecule has 0 amide bonds. The molecule has 98 valence electrons. The first-order valence-electron chi connectivity index (χ1n) is 5.44. The highest BCUT2D eigenvalue weighted by atomic mass is 16.1. The Labute approximate surface area is 109 Å². The molecule has 0 atom stereocenters. The molecule has 0 aliphatic carbocycles. The SMILES string of the molecule is Cc1cccc(C(C=O)(C=O)N=NC(C=O)C=O)c1. The van der Waals surface area contributed by atoms with Crippen LogP contribution < -0.4 is 0 Å². The number of hydrogen-bond donors (Lipinski definition) is 0. The van der Waals surface area contributed by atoms with Gasteiger partial charge in [0.15, 0.2) is 31.2 Å². The number of carbonyl (C=O) groups excluding carboxylic acids is 4. The lowest BCUT2D eigenvalue weighted by Crippen LogP contribution is -2.28. The molecule has 0 radical (unpaired) electrons. The predicted octanol–water partition coefficient (Wildman–Crippen LogP) is 0.807. The van der Waals surface area contributed by atoms with Crippen molar-refractivity contribution in [2.75, 3.05) is 0 Å². The monoisotopic (exact) mass is 260 g/mol. The third-order valence-corrected chi connectivity index (χ3v) is 2.48. The number of nitrogens with zero attached hydrogens (tertiary/aromatic N) is 2. The number of carbonyl (C=O) groups is 4. The van der Waals surface area contributed by atoms with Gasteiger partial charge in [0.05, 0.1) is 0 Å². The smallest absolute Gasteiger partial charge is 0.216 e. The van der Waals surface area contributed by atoms with Crippen LogP contribution in [0.5, 0.6) is 0 Å². The van der Waals surface area contributed by atoms with Crippen molar-refractivity contribution in [3.8, 4) is 0 Å². The quantitative estimate of drug-likeness (QED) is 0.412. The molecule has 0 fully saturated rings. The lowest BCUT2D eigenvalue weighted by molar-refractivity contribution is -0.122. The van der Waals surface area contributed by atoms with Gasteiger partial charge in [-0.15, -0.1) is 0 Å². The lowest BCUT2D eigenvalue weighted by Gasteiger charge is -2.16. The Morgan fingerprint density at radius 3 is 2.21 bits per heavy atom. The molecule has 0 saturated heterocycles. The summed E-state index contributed by atoms with van der Waals surface area (Å²) >= 11 is 0. The highest BCUT2D eigenvalue weighted by molar-refractivity contribution is 5.91. The van der Waals surface area contributed by atoms with E-state index >= 15 is 0 Å². The molecule has 1 rings (SSSR count). The fourth-order valence-corrected chi connectivity index (χ4v) is 1.41. The summed E-state index contributed by atoms with van der Waals surface area (Å²) in [5.41, 5.74) is -0.657. The first-order chi connectivity index (χ1) is 9.11. The minimum Gasteiger partial charge on any atom is -0.300 e. The summed E-state index contributed by atoms with van der Waals surface area (Å²) in [5, 5.41) is 6.98. The Morgan fingerprint density at radius 1 is 1.11 bits per heavy atom. The van der Waals surface area contributed by atoms with Gasteiger partial charge in [0, 0.05) is 0 Å². The van der Waals surface area contributed by atoms with E-state index in [9.17, 15) is 19.2 Å². The minimum atomic E-state index is -1.82. The van der Waals surface area contributed by atoms with Crippen LogP contribution in [0.2, 0.25) is 0 Å². The normalized spacial score (nSPS) is 11.5. The molecule has 0 aliphatic rings. The largest absolute Gasteiger partial charge is 0.300 e. The molecule has 0 aromatic heterocycles. The zero-order chi connectivity index (χ0) is 14.3. The van der Waals surface area contributed by atoms with Gasteiger partial charge >= 0.3 is 0 Å². The first-order valence-corrected chi connectivity index (χ1v) is 5.44. The van der Waals surface area contributed by atoms with Crippen molar-refractivity contribution < 1.29 is 19.2 Å². The fourth-order valence-electron chi connectivity index (χ4n) is 1.41. The Hall–Kier alpha value is -2.50. The second-order valence-corrected chi connectivity index (χ2v) is 3.91. The van der Waals surface area contributed by atoms with Crippen LogP contribution in [0, 0.1) is 6.92 Å². The van der Waals surface area contributed by atoms with Gasteiger partial charge in [-0.1, -0.05) is 29.8 Å². The highest BCUT2D eigenvalue weighted by Crippen LogP contribution is 2.23. The Morgan fingerprint density at radius 2 is 1.74 bits per heavy atom. The van der Waals surface area contributed by atoms with E-state index in [0.717, 1.165) is 5.56 Å². The second kappa shape index (κ2) is 6.44. The van der Waals surface area contributed by atoms with E-state index in [1.54, 1.807) is 31.2 Å². The molecule has 6 heteroatoms. The van der Waals surface area contributed by atoms with Crippen LogP contribution in [0.3, 0.4) is 0 Å². The molecule has 6 nitrogen and oxygen atoms in total. The van der Waals surface area contributed by atoms with Gasteiger partial charge in [-0.05, 0) is 12.5 Å². The van der Waals surface area contributed by atoms with Gasteiger partial charge in [0.2, 0.25) is 5.54 Å². The number of hydrogen-bond acceptors (Lipinski definition) is 6. The molecule has 1 aromatic carbocycles. The van der Waals surface area contributed by atoms with Crippen molar-refractivity contribution in [3.05, 3.63) is 35.4 Å². The van der Waals surface area contributed by atoms with Crippen LogP contribution in [0.1, 0.15) is 11.1 Å². The standard InChI is InChI=1S/C13H12N2O4/c1-10-3-2-4-11(5-10)13(8-18,9-19)15-14-12(6-16)7-17/h2-9,12H,1H3. The average Bonchev–Trinajstić information content (AvgIpc) is 2.44. The summed E-state index contributed by atoms with van der Waals surface area (Å²) in [6.07, 6.45) is 1.19. The molecule has 0 aliphatic heterocycles. The molecule has 1 aromatic rings. The zero-order valence-corrected chi connectivity index (χ0v) is 10.2. The molecule has 0 N–H and O–H groups in total. The zero-order valence-electron chi connectivity index (χ0n) is 10.2. The number of rotatable bonds is 7. The number of benzene rings is 1. The van der Waals surface area contributed by atoms with E-state index in [-0.39, 0.29) is 12.6 Å². The van der Waals surface area contributed by atoms with Crippen molar-refractivity contribution in [3.63, 3.8) is 0 Å². The minimum absolute atomic E-state index is 0.271. The van der Waals surface area contributed by atoms with Crippen molar-refractivity contribution >= 4 is 25.1 Å². The average molecular weight is 260 g/mol. The van der Waals surface area contributed by atoms with E-state index in [4.69, 9.17) is 0 Å². The summed E-state index contributed by atoms with van der Waals surface area (Å²) in [6, 6.07) is 5.30. The van der Waals surface area contributed by atoms with Gasteiger partial charge < -0.3 is 9.59 Å². The van der Waals surface area contributed by atoms with Crippen LogP contribution in [0.25, 0.3) is 0 Å². The van der Waals surface area contributed by atoms with Gasteiger partial charge in [-0.3, -0.25) is 9.59 Å². The Kier molecular flexibility index (Phi) is 4.93. The van der Waals surface area contributed by atoms with Gasteiger partial charge in [-0.2, -0.15) is 10.2 Å². The number of aldehydes is 4. The molecular formula is C13H12N2O4. The summed E-state index contributed by atoms with van der Waals surface area (Å²) < 4.78 is 0. The van der Waals surface area contributed by atoms with Gasteiger partial charge in [0.25, 0.3) is 0 Å². The fraction of sp³-hybridized carbons (Fsp3) is 0.231. The van der Waals surface area contributed by atoms with Gasteiger partial charge in [0.1, 0.15) is 0 Å². The summed E-state index contributed by atoms with van der Waals surface area (Å²) in [4.78, 5) is 43.3. The van der Waals surface area contributed by atoms with E-state index < -0.39 is 11.6 Å². The maximum Gasteiger partial charge on any atom is 0.216 e. The van der Waals surface area contributed by atoms with E-state index in [0.29, 0.717) is 18.1 Å². The van der Waals surface area contributed by atoms with Crippen molar-refractivity contribution in [2.45, 2.75) is 18.5 Å². The third kappa shape index (κ3) is 3.25. The molecule has 0 heterocycles. The van der Waals surface area contributed by atoms with Crippen molar-refractivity contribution in [1.82, 2.24) is 0 Å². The van der Waals surface area contributed by atoms with Gasteiger partial charge in [-0.25, -0.2) is 0 Å². The topological polar surface area (TPSA) is 93.0 Å². The Balaban J connectivity index is 3.24. The molecule has 0 unspecified atom stereocenters. The van der Waals surface area contributed by atoms with Crippen LogP contribution in [0.15, 0.2) is 34.5 Å². The molecular weight excluding hydrogens is 248 g/mol. The molecule has 0 bridgehead atoms. The third-order valence-electron chi connectivity index (χ3n) is 2.48. The van der Waals surface area contributed by atoms with Crippen LogP contribution >= 0.6 is 0 Å². The summed E-state index contributed by atoms with van der Waals surface area (Å²) in [7, 11) is 0. The van der Waals surface area contributed by atoms with E-state index in [1.165, 1.54) is 0 Å². The molecule has 19 heavy (non-hydrogen) atoms. The second-order valence-electron chi connectivity index (χ2n) is 3.91. The van der Waals surface area contributed by atoms with E-state index in [1.807, 2.05) is 0 Å². The maximum absolute atomic E-state index is 11.2. The van der Waals surface area contributed by atoms with Crippen molar-refractivity contribution in [2.24, 2.45) is 10.2 Å². The van der Waals surface area contributed by atoms with E-state index in [2.05, 4.69) is 10.2 Å². The predicted molar refractivity (Wildman–Crippen MR) is 65.8 cm³/mol. The lowest BCUT2D eigenvalue weighted by atomic mass is 9.93. The number of azo groups is 1.